The van der Waals surface area contributed by atoms with Gasteiger partial charge < -0.3 is 9.40 Å². The van der Waals surface area contributed by atoms with Crippen molar-refractivity contribution in [1.82, 2.24) is 19.5 Å². The number of aromatic nitrogens is 4. The van der Waals surface area contributed by atoms with E-state index in [9.17, 15) is 0 Å². The van der Waals surface area contributed by atoms with Crippen LogP contribution in [0.2, 0.25) is 0 Å². The minimum Gasteiger partial charge on any atom is -0.656 e. The maximum absolute atomic E-state index is 6.73. The minimum atomic E-state index is -0.712. The molecule has 0 amide bonds. The van der Waals surface area contributed by atoms with Crippen molar-refractivity contribution in [2.45, 2.75) is 31.6 Å². The first kappa shape index (κ1) is 39.3. The summed E-state index contributed by atoms with van der Waals surface area (Å²) in [5.74, 6) is 0.790. The number of imidazole rings is 1. The number of benzene rings is 8. The van der Waals surface area contributed by atoms with Crippen LogP contribution in [0, 0.1) is 6.07 Å². The summed E-state index contributed by atoms with van der Waals surface area (Å²) in [5.41, 5.74) is 16.6. The van der Waals surface area contributed by atoms with Crippen molar-refractivity contribution < 1.29 is 25.5 Å². The predicted molar refractivity (Wildman–Crippen MR) is 260 cm³/mol. The quantitative estimate of drug-likeness (QED) is 0.161. The molecule has 0 saturated carbocycles. The van der Waals surface area contributed by atoms with E-state index in [-0.39, 0.29) is 26.5 Å². The molecule has 13 rings (SSSR count). The summed E-state index contributed by atoms with van der Waals surface area (Å²) < 4.78 is 9.00. The molecule has 0 radical (unpaired) electrons. The Bertz CT molecular complexity index is 3850. The summed E-state index contributed by atoms with van der Waals surface area (Å²) in [4.78, 5) is 16.0. The van der Waals surface area contributed by atoms with E-state index in [1.807, 2.05) is 30.5 Å². The molecule has 1 aliphatic carbocycles. The summed E-state index contributed by atoms with van der Waals surface area (Å²) in [6.07, 6.45) is 1.91. The molecule has 0 fully saturated rings. The minimum absolute atomic E-state index is 0. The van der Waals surface area contributed by atoms with Crippen molar-refractivity contribution in [3.05, 3.63) is 222 Å². The molecule has 0 saturated heterocycles. The van der Waals surface area contributed by atoms with Gasteiger partial charge in [0.1, 0.15) is 11.4 Å². The van der Waals surface area contributed by atoms with E-state index in [0.717, 1.165) is 94.2 Å². The van der Waals surface area contributed by atoms with Crippen molar-refractivity contribution in [1.29, 1.82) is 0 Å². The average molecular weight is 1020 g/mol. The molecule has 312 valence electrons. The molecule has 5 nitrogen and oxygen atoms in total. The van der Waals surface area contributed by atoms with E-state index in [0.29, 0.717) is 0 Å². The van der Waals surface area contributed by atoms with Crippen LogP contribution < -0.4 is 4.98 Å². The Balaban J connectivity index is 0.00000444. The number of rotatable bonds is 5. The van der Waals surface area contributed by atoms with Gasteiger partial charge in [0.25, 0.3) is 0 Å². The molecule has 12 aromatic rings. The number of para-hydroxylation sites is 5. The molecular formula is C59H40N4OPt. The van der Waals surface area contributed by atoms with Crippen molar-refractivity contribution in [2.75, 3.05) is 0 Å². The van der Waals surface area contributed by atoms with E-state index in [1.54, 1.807) is 0 Å². The maximum atomic E-state index is 6.73. The third-order valence-corrected chi connectivity index (χ3v) is 13.5. The number of furan rings is 1. The van der Waals surface area contributed by atoms with E-state index in [4.69, 9.17) is 19.4 Å². The first-order chi connectivity index (χ1) is 31.4. The van der Waals surface area contributed by atoms with Crippen LogP contribution in [-0.4, -0.2) is 14.5 Å². The van der Waals surface area contributed by atoms with Gasteiger partial charge in [-0.1, -0.05) is 160 Å². The smallest absolute Gasteiger partial charge is 0.656 e. The number of hydrogen-bond donors (Lipinski definition) is 0. The second-order valence-electron chi connectivity index (χ2n) is 18.0. The molecule has 6 heteroatoms. The van der Waals surface area contributed by atoms with Gasteiger partial charge >= 0.3 is 21.1 Å². The van der Waals surface area contributed by atoms with Gasteiger partial charge in [0.05, 0.1) is 27.8 Å². The standard InChI is InChI=1S/C59H40N4O.Pt/c1-58(2,3)37-31-32-48-46(35-37)40-18-4-7-25-47(40)59(48,53-30-10-11-33-60-53)38-17-12-16-36(34-38)39-21-14-27-50-55(39)62-57(45-24-13-22-43-41-19-5-8-26-49(41)61-54(43)45)63(50)51-28-15-23-44-42-20-6-9-29-52(42)64-56(44)51;/h4-33,35H,1-3H3;/q-2;+2. The Kier molecular flexibility index (Phi) is 8.82. The van der Waals surface area contributed by atoms with E-state index < -0.39 is 5.41 Å². The van der Waals surface area contributed by atoms with Crippen molar-refractivity contribution in [3.8, 4) is 39.3 Å². The molecule has 0 aliphatic heterocycles. The third-order valence-electron chi connectivity index (χ3n) is 13.5. The molecule has 1 aliphatic rings. The van der Waals surface area contributed by atoms with Gasteiger partial charge in [-0.05, 0) is 74.3 Å². The fourth-order valence-electron chi connectivity index (χ4n) is 10.5. The van der Waals surface area contributed by atoms with Crippen LogP contribution in [0.15, 0.2) is 193 Å². The van der Waals surface area contributed by atoms with Crippen LogP contribution in [0.1, 0.15) is 48.7 Å². The Labute approximate surface area is 390 Å². The van der Waals surface area contributed by atoms with Gasteiger partial charge in [0.2, 0.25) is 0 Å². The fraction of sp³-hybridized carbons (Fsp3) is 0.0847. The monoisotopic (exact) mass is 1020 g/mol. The Morgan fingerprint density at radius 3 is 2.18 bits per heavy atom. The van der Waals surface area contributed by atoms with Crippen LogP contribution in [0.4, 0.5) is 0 Å². The van der Waals surface area contributed by atoms with Crippen LogP contribution in [0.5, 0.6) is 0 Å². The maximum Gasteiger partial charge on any atom is 2.00 e. The van der Waals surface area contributed by atoms with E-state index in [1.165, 1.54) is 27.8 Å². The summed E-state index contributed by atoms with van der Waals surface area (Å²) in [6, 6.07) is 68.6. The summed E-state index contributed by atoms with van der Waals surface area (Å²) in [5, 5.41) is 4.36. The Morgan fingerprint density at radius 2 is 1.31 bits per heavy atom. The third kappa shape index (κ3) is 5.68. The summed E-state index contributed by atoms with van der Waals surface area (Å²) in [6.45, 7) is 6.84. The first-order valence-electron chi connectivity index (χ1n) is 21.9. The fourth-order valence-corrected chi connectivity index (χ4v) is 10.5. The summed E-state index contributed by atoms with van der Waals surface area (Å²) >= 11 is 0. The second kappa shape index (κ2) is 14.6. The Morgan fingerprint density at radius 1 is 0.600 bits per heavy atom. The first-order valence-corrected chi connectivity index (χ1v) is 21.9. The molecule has 1 unspecified atom stereocenters. The van der Waals surface area contributed by atoms with Crippen molar-refractivity contribution >= 4 is 54.8 Å². The topological polar surface area (TPSA) is 58.0 Å². The van der Waals surface area contributed by atoms with Gasteiger partial charge in [0.15, 0.2) is 5.58 Å². The van der Waals surface area contributed by atoms with Crippen LogP contribution in [0.3, 0.4) is 0 Å². The number of fused-ring (bicyclic) bond motifs is 10. The zero-order valence-corrected chi connectivity index (χ0v) is 38.2. The normalized spacial score (nSPS) is 14.6. The van der Waals surface area contributed by atoms with Crippen molar-refractivity contribution in [3.63, 3.8) is 0 Å². The van der Waals surface area contributed by atoms with E-state index >= 15 is 0 Å². The average Bonchev–Trinajstić information content (AvgIpc) is 4.10. The molecular weight excluding hydrogens is 976 g/mol. The van der Waals surface area contributed by atoms with Gasteiger partial charge in [-0.3, -0.25) is 9.55 Å². The Hall–Kier alpha value is -7.33. The molecule has 0 bridgehead atoms. The molecule has 4 aromatic heterocycles. The van der Waals surface area contributed by atoms with Gasteiger partial charge in [-0.15, -0.1) is 46.4 Å². The number of hydrogen-bond acceptors (Lipinski definition) is 3. The van der Waals surface area contributed by atoms with Gasteiger partial charge in [-0.25, -0.2) is 4.98 Å². The van der Waals surface area contributed by atoms with Crippen LogP contribution >= 0.6 is 0 Å². The summed E-state index contributed by atoms with van der Waals surface area (Å²) in [7, 11) is 0. The molecule has 8 aromatic carbocycles. The van der Waals surface area contributed by atoms with Crippen molar-refractivity contribution in [2.24, 2.45) is 0 Å². The molecule has 4 heterocycles. The molecule has 0 N–H and O–H groups in total. The predicted octanol–water partition coefficient (Wildman–Crippen LogP) is 14.4. The SMILES string of the molecule is CC(C)(C)c1ccc2c(c1)-c1ccccc1C2(c1[c-]c(-c2cccc3c2nc(-c2cccc4c2[n-]c2ccccc24)n3-c2cccc3c2oc2ccccc23)ccc1)c1ccccn1.[Pt+2]. The second-order valence-corrected chi connectivity index (χ2v) is 18.0. The molecule has 0 spiro atoms. The number of nitrogens with zero attached hydrogens (tertiary/aromatic N) is 4. The number of pyridine rings is 1. The largest absolute Gasteiger partial charge is 2.00 e. The molecule has 1 atom stereocenters. The molecule has 65 heavy (non-hydrogen) atoms. The zero-order chi connectivity index (χ0) is 42.7. The zero-order valence-electron chi connectivity index (χ0n) is 35.9. The van der Waals surface area contributed by atoms with E-state index in [2.05, 4.69) is 189 Å². The van der Waals surface area contributed by atoms with Gasteiger partial charge in [0, 0.05) is 22.5 Å². The van der Waals surface area contributed by atoms with Crippen LogP contribution in [0.25, 0.3) is 94.1 Å². The van der Waals surface area contributed by atoms with Crippen LogP contribution in [-0.2, 0) is 31.9 Å². The van der Waals surface area contributed by atoms with Gasteiger partial charge in [-0.2, -0.15) is 0 Å².